The number of nitrogens with zero attached hydrogens (tertiary/aromatic N) is 3. The van der Waals surface area contributed by atoms with Gasteiger partial charge >= 0.3 is 0 Å². The molecule has 35 heavy (non-hydrogen) atoms. The van der Waals surface area contributed by atoms with Crippen LogP contribution in [0.3, 0.4) is 0 Å². The SMILES string of the molecule is Cn1cncc1[C@]1(N)c2ccc(Cl)c(c2)OCc2cccc(c2)-c2cc(=O)n(C)c3ccc1cc23. The third-order valence-electron chi connectivity index (χ3n) is 6.94. The number of rotatable bonds is 1. The largest absolute Gasteiger partial charge is 0.487 e. The third kappa shape index (κ3) is 3.29. The maximum atomic E-state index is 12.9. The van der Waals surface area contributed by atoms with Crippen LogP contribution in [0.25, 0.3) is 22.0 Å². The van der Waals surface area contributed by atoms with Gasteiger partial charge in [-0.1, -0.05) is 41.9 Å². The van der Waals surface area contributed by atoms with Crippen molar-refractivity contribution in [1.29, 1.82) is 0 Å². The van der Waals surface area contributed by atoms with Crippen molar-refractivity contribution in [2.45, 2.75) is 12.1 Å². The van der Waals surface area contributed by atoms with Crippen LogP contribution in [0.15, 0.2) is 84.0 Å². The van der Waals surface area contributed by atoms with Gasteiger partial charge in [-0.2, -0.15) is 0 Å². The lowest BCUT2D eigenvalue weighted by molar-refractivity contribution is 0.305. The standard InChI is InChI=1S/C28H23ClN4O2/c1-32-16-31-14-26(32)28(30)19-7-9-24-22(11-19)21(13-27(34)33(24)2)18-5-3-4-17(10-18)15-35-25-12-20(28)6-8-23(25)29/h3-14,16H,15,30H2,1-2H3/t28-/m1/s1. The minimum atomic E-state index is -1.05. The molecule has 7 heteroatoms. The molecule has 0 amide bonds. The lowest BCUT2D eigenvalue weighted by Crippen LogP contribution is -2.41. The Morgan fingerprint density at radius 1 is 1.03 bits per heavy atom. The lowest BCUT2D eigenvalue weighted by atomic mass is 9.80. The summed E-state index contributed by atoms with van der Waals surface area (Å²) in [4.78, 5) is 17.2. The second kappa shape index (κ2) is 7.83. The quantitative estimate of drug-likeness (QED) is 0.374. The molecule has 6 nitrogen and oxygen atoms in total. The number of aryl methyl sites for hydroxylation is 2. The van der Waals surface area contributed by atoms with Gasteiger partial charge in [-0.05, 0) is 58.1 Å². The molecule has 1 aliphatic heterocycles. The van der Waals surface area contributed by atoms with Crippen LogP contribution in [-0.4, -0.2) is 14.1 Å². The molecule has 3 aromatic carbocycles. The summed E-state index contributed by atoms with van der Waals surface area (Å²) in [6.07, 6.45) is 3.52. The average molecular weight is 483 g/mol. The van der Waals surface area contributed by atoms with Gasteiger partial charge in [0.2, 0.25) is 0 Å². The Hall–Kier alpha value is -3.87. The van der Waals surface area contributed by atoms with Crippen molar-refractivity contribution in [1.82, 2.24) is 14.1 Å². The second-order valence-electron chi connectivity index (χ2n) is 9.02. The zero-order valence-electron chi connectivity index (χ0n) is 19.3. The van der Waals surface area contributed by atoms with Gasteiger partial charge < -0.3 is 19.6 Å². The fraction of sp³-hybridized carbons (Fsp3) is 0.143. The van der Waals surface area contributed by atoms with Crippen molar-refractivity contribution in [3.05, 3.63) is 117 Å². The van der Waals surface area contributed by atoms with Gasteiger partial charge in [-0.3, -0.25) is 4.79 Å². The molecule has 0 spiro atoms. The second-order valence-corrected chi connectivity index (χ2v) is 9.43. The Morgan fingerprint density at radius 2 is 1.83 bits per heavy atom. The molecule has 6 rings (SSSR count). The third-order valence-corrected chi connectivity index (χ3v) is 7.25. The number of nitrogens with two attached hydrogens (primary N) is 1. The molecule has 0 radical (unpaired) electrons. The number of fused-ring (bicyclic) bond motifs is 6. The topological polar surface area (TPSA) is 75.1 Å². The van der Waals surface area contributed by atoms with Crippen LogP contribution in [0, 0.1) is 0 Å². The summed E-state index contributed by atoms with van der Waals surface area (Å²) in [5, 5.41) is 1.45. The fourth-order valence-corrected chi connectivity index (χ4v) is 5.17. The molecule has 174 valence electrons. The maximum absolute atomic E-state index is 12.9. The summed E-state index contributed by atoms with van der Waals surface area (Å²) in [5.41, 5.74) is 12.3. The predicted molar refractivity (Wildman–Crippen MR) is 138 cm³/mol. The van der Waals surface area contributed by atoms with E-state index in [1.165, 1.54) is 0 Å². The highest BCUT2D eigenvalue weighted by atomic mass is 35.5. The molecule has 1 atom stereocenters. The monoisotopic (exact) mass is 482 g/mol. The summed E-state index contributed by atoms with van der Waals surface area (Å²) in [6.45, 7) is 0.325. The Labute approximate surface area is 207 Å². The summed E-state index contributed by atoms with van der Waals surface area (Å²) in [5.74, 6) is 0.553. The van der Waals surface area contributed by atoms with E-state index in [0.29, 0.717) is 17.4 Å². The van der Waals surface area contributed by atoms with E-state index in [4.69, 9.17) is 22.1 Å². The number of ether oxygens (including phenoxy) is 1. The lowest BCUT2D eigenvalue weighted by Gasteiger charge is -2.32. The average Bonchev–Trinajstić information content (AvgIpc) is 3.31. The molecule has 0 saturated carbocycles. The molecule has 2 aromatic heterocycles. The van der Waals surface area contributed by atoms with Gasteiger partial charge in [0.25, 0.3) is 5.56 Å². The number of hydrogen-bond donors (Lipinski definition) is 1. The molecule has 2 N–H and O–H groups in total. The normalized spacial score (nSPS) is 16.9. The number of benzene rings is 3. The van der Waals surface area contributed by atoms with Crippen LogP contribution in [-0.2, 0) is 26.2 Å². The van der Waals surface area contributed by atoms with Crippen LogP contribution in [0.5, 0.6) is 5.75 Å². The molecule has 0 aliphatic carbocycles. The van der Waals surface area contributed by atoms with Crippen molar-refractivity contribution >= 4 is 22.5 Å². The first-order chi connectivity index (χ1) is 16.9. The first-order valence-corrected chi connectivity index (χ1v) is 11.7. The number of halogens is 1. The Kier molecular flexibility index (Phi) is 4.85. The van der Waals surface area contributed by atoms with Gasteiger partial charge in [0.15, 0.2) is 0 Å². The number of hydrogen-bond acceptors (Lipinski definition) is 4. The van der Waals surface area contributed by atoms with E-state index in [9.17, 15) is 4.79 Å². The van der Waals surface area contributed by atoms with Crippen LogP contribution in [0.2, 0.25) is 5.02 Å². The smallest absolute Gasteiger partial charge is 0.251 e. The summed E-state index contributed by atoms with van der Waals surface area (Å²) >= 11 is 6.53. The molecule has 1 aliphatic rings. The zero-order chi connectivity index (χ0) is 24.3. The highest BCUT2D eigenvalue weighted by Gasteiger charge is 2.36. The van der Waals surface area contributed by atoms with E-state index < -0.39 is 5.54 Å². The van der Waals surface area contributed by atoms with Gasteiger partial charge in [-0.15, -0.1) is 0 Å². The Morgan fingerprint density at radius 3 is 2.63 bits per heavy atom. The first kappa shape index (κ1) is 21.6. The molecular weight excluding hydrogens is 460 g/mol. The highest BCUT2D eigenvalue weighted by molar-refractivity contribution is 6.32. The predicted octanol–water partition coefficient (Wildman–Crippen LogP) is 4.74. The maximum Gasteiger partial charge on any atom is 0.251 e. The minimum absolute atomic E-state index is 0.0738. The van der Waals surface area contributed by atoms with E-state index >= 15 is 0 Å². The number of aromatic nitrogens is 3. The highest BCUT2D eigenvalue weighted by Crippen LogP contribution is 2.40. The Bertz CT molecular complexity index is 1690. The molecule has 3 heterocycles. The fourth-order valence-electron chi connectivity index (χ4n) is 4.99. The van der Waals surface area contributed by atoms with Crippen molar-refractivity contribution in [3.8, 4) is 16.9 Å². The number of pyridine rings is 1. The molecule has 6 bridgehead atoms. The van der Waals surface area contributed by atoms with Crippen LogP contribution in [0.4, 0.5) is 0 Å². The molecule has 0 saturated heterocycles. The van der Waals surface area contributed by atoms with Crippen LogP contribution < -0.4 is 16.0 Å². The molecular formula is C28H23ClN4O2. The van der Waals surface area contributed by atoms with Crippen LogP contribution >= 0.6 is 11.6 Å². The van der Waals surface area contributed by atoms with Crippen molar-refractivity contribution in [2.75, 3.05) is 0 Å². The van der Waals surface area contributed by atoms with Crippen molar-refractivity contribution < 1.29 is 4.74 Å². The zero-order valence-corrected chi connectivity index (χ0v) is 20.1. The van der Waals surface area contributed by atoms with E-state index in [1.54, 1.807) is 30.2 Å². The van der Waals surface area contributed by atoms with Crippen molar-refractivity contribution in [2.24, 2.45) is 19.8 Å². The Balaban J connectivity index is 1.77. The summed E-state index contributed by atoms with van der Waals surface area (Å²) in [6, 6.07) is 21.4. The molecule has 5 aromatic rings. The molecule has 0 unspecified atom stereocenters. The van der Waals surface area contributed by atoms with E-state index in [2.05, 4.69) is 11.1 Å². The first-order valence-electron chi connectivity index (χ1n) is 11.3. The van der Waals surface area contributed by atoms with Crippen molar-refractivity contribution in [3.63, 3.8) is 0 Å². The van der Waals surface area contributed by atoms with Gasteiger partial charge in [0.1, 0.15) is 17.9 Å². The van der Waals surface area contributed by atoms with E-state index in [1.807, 2.05) is 66.2 Å². The summed E-state index contributed by atoms with van der Waals surface area (Å²) < 4.78 is 9.75. The van der Waals surface area contributed by atoms with E-state index in [0.717, 1.165) is 44.4 Å². The van der Waals surface area contributed by atoms with Gasteiger partial charge in [-0.25, -0.2) is 4.98 Å². The number of imidazole rings is 1. The molecule has 0 fully saturated rings. The summed E-state index contributed by atoms with van der Waals surface area (Å²) in [7, 11) is 3.71. The van der Waals surface area contributed by atoms with Gasteiger partial charge in [0, 0.05) is 25.5 Å². The van der Waals surface area contributed by atoms with Crippen LogP contribution in [0.1, 0.15) is 22.4 Å². The minimum Gasteiger partial charge on any atom is -0.487 e. The van der Waals surface area contributed by atoms with E-state index in [-0.39, 0.29) is 5.56 Å². The van der Waals surface area contributed by atoms with Gasteiger partial charge in [0.05, 0.1) is 28.8 Å².